The molecule has 2 amide bonds. The van der Waals surface area contributed by atoms with Crippen molar-refractivity contribution in [2.75, 3.05) is 6.54 Å². The van der Waals surface area contributed by atoms with Gasteiger partial charge in [-0.1, -0.05) is 45.0 Å². The Morgan fingerprint density at radius 3 is 2.57 bits per heavy atom. The van der Waals surface area contributed by atoms with Crippen molar-refractivity contribution in [3.63, 3.8) is 0 Å². The van der Waals surface area contributed by atoms with Gasteiger partial charge in [0.25, 0.3) is 0 Å². The van der Waals surface area contributed by atoms with Crippen molar-refractivity contribution in [2.24, 2.45) is 15.8 Å². The van der Waals surface area contributed by atoms with E-state index in [0.29, 0.717) is 12.8 Å². The third-order valence-electron chi connectivity index (χ3n) is 6.97. The van der Waals surface area contributed by atoms with E-state index in [-0.39, 0.29) is 25.4 Å². The lowest BCUT2D eigenvalue weighted by Gasteiger charge is -2.34. The number of carbonyl (C=O) groups is 2. The number of hydrogen-bond acceptors (Lipinski definition) is 8. The molecule has 1 aromatic carbocycles. The van der Waals surface area contributed by atoms with Crippen LogP contribution in [0.2, 0.25) is 0 Å². The Balaban J connectivity index is 1.46. The van der Waals surface area contributed by atoms with Gasteiger partial charge in [-0.25, -0.2) is 4.98 Å². The van der Waals surface area contributed by atoms with Gasteiger partial charge in [-0.15, -0.1) is 11.3 Å². The minimum atomic E-state index is -1.13. The summed E-state index contributed by atoms with van der Waals surface area (Å²) in [5.41, 5.74) is 2.89. The highest BCUT2D eigenvalue weighted by Crippen LogP contribution is 2.45. The van der Waals surface area contributed by atoms with Crippen LogP contribution in [0.25, 0.3) is 10.4 Å². The minimum absolute atomic E-state index is 0.0144. The first-order valence-electron chi connectivity index (χ1n) is 12.4. The summed E-state index contributed by atoms with van der Waals surface area (Å²) in [6.45, 7) is 7.58. The van der Waals surface area contributed by atoms with Gasteiger partial charge in [0, 0.05) is 19.5 Å². The molecule has 37 heavy (non-hydrogen) atoms. The average molecular weight is 523 g/mol. The number of likely N-dealkylation sites (tertiary alicyclic amines) is 1. The van der Waals surface area contributed by atoms with Gasteiger partial charge < -0.3 is 20.4 Å². The van der Waals surface area contributed by atoms with Crippen LogP contribution in [0.15, 0.2) is 34.8 Å². The molecule has 1 saturated carbocycles. The van der Waals surface area contributed by atoms with E-state index in [1.54, 1.807) is 32.1 Å². The second kappa shape index (κ2) is 10.2. The van der Waals surface area contributed by atoms with E-state index < -0.39 is 40.8 Å². The Labute approximate surface area is 220 Å². The second-order valence-corrected chi connectivity index (χ2v) is 11.8. The number of benzene rings is 1. The average Bonchev–Trinajstić information content (AvgIpc) is 3.40. The van der Waals surface area contributed by atoms with E-state index in [0.717, 1.165) is 21.7 Å². The maximum atomic E-state index is 13.6. The fourth-order valence-electron chi connectivity index (χ4n) is 4.48. The number of rotatable bonds is 7. The standard InChI is InChI=1S/C27H33N5O4S/c1-16-21(37-15-30-16)18-7-5-17(6-8-18)12-29-23(34)20-11-19(33)13-32(20)24(35)22(26(2,3)4)31-25(36)27(14-28)9-10-27/h5-8,15,19-20,22,33H,9-13H2,1-4H3,(H,29,34)(H,31,36)/p-1/t19-,20+,22-/m1/s1. The quantitative estimate of drug-likeness (QED) is 0.422. The summed E-state index contributed by atoms with van der Waals surface area (Å²) in [5.74, 6) is -1.45. The number of aryl methyl sites for hydroxylation is 1. The Hall–Kier alpha value is -3.29. The van der Waals surface area contributed by atoms with Crippen LogP contribution in [0.1, 0.15) is 51.3 Å². The molecule has 1 saturated heterocycles. The lowest BCUT2D eigenvalue weighted by Crippen LogP contribution is -2.52. The smallest absolute Gasteiger partial charge is 0.248 e. The summed E-state index contributed by atoms with van der Waals surface area (Å²) in [6.07, 6.45) is 0.130. The molecular weight excluding hydrogens is 490 g/mol. The number of hydrogen-bond donors (Lipinski definition) is 2. The van der Waals surface area contributed by atoms with Crippen LogP contribution >= 0.6 is 11.3 Å². The molecule has 4 rings (SSSR count). The molecule has 196 valence electrons. The predicted octanol–water partition coefficient (Wildman–Crippen LogP) is 2.17. The summed E-state index contributed by atoms with van der Waals surface area (Å²) in [4.78, 5) is 37.6. The van der Waals surface area contributed by atoms with Gasteiger partial charge in [-0.2, -0.15) is 5.26 Å². The number of nitrogens with zero attached hydrogens (tertiary/aromatic N) is 4. The molecule has 0 radical (unpaired) electrons. The first kappa shape index (κ1) is 26.8. The van der Waals surface area contributed by atoms with Crippen LogP contribution in [0.5, 0.6) is 0 Å². The SMILES string of the molecule is Cc1ncsc1-c1ccc(CNC(=O)[C@@H]2C[C@@H](O)CN2C(=O)[C@@H](N=C([O-])C2(C#N)CC2)C(C)(C)C)cc1. The van der Waals surface area contributed by atoms with E-state index in [1.807, 2.05) is 42.8 Å². The first-order valence-corrected chi connectivity index (χ1v) is 13.3. The van der Waals surface area contributed by atoms with Crippen molar-refractivity contribution >= 4 is 29.0 Å². The second-order valence-electron chi connectivity index (χ2n) is 11.0. The van der Waals surface area contributed by atoms with Crippen molar-refractivity contribution in [3.8, 4) is 16.5 Å². The third-order valence-corrected chi connectivity index (χ3v) is 7.94. The maximum Gasteiger partial charge on any atom is 0.248 e. The van der Waals surface area contributed by atoms with E-state index in [2.05, 4.69) is 15.3 Å². The maximum absolute atomic E-state index is 13.6. The minimum Gasteiger partial charge on any atom is -0.861 e. The van der Waals surface area contributed by atoms with Gasteiger partial charge in [0.2, 0.25) is 11.8 Å². The highest BCUT2D eigenvalue weighted by molar-refractivity contribution is 7.13. The van der Waals surface area contributed by atoms with Gasteiger partial charge in [-0.05, 0) is 42.2 Å². The summed E-state index contributed by atoms with van der Waals surface area (Å²) < 4.78 is 0. The Morgan fingerprint density at radius 1 is 1.35 bits per heavy atom. The van der Waals surface area contributed by atoms with Gasteiger partial charge >= 0.3 is 0 Å². The topological polar surface area (TPSA) is 142 Å². The predicted molar refractivity (Wildman–Crippen MR) is 138 cm³/mol. The van der Waals surface area contributed by atoms with Gasteiger partial charge in [0.15, 0.2) is 0 Å². The van der Waals surface area contributed by atoms with Crippen LogP contribution in [-0.2, 0) is 16.1 Å². The number of thiazole rings is 1. The molecule has 10 heteroatoms. The number of aromatic nitrogens is 1. The molecule has 0 spiro atoms. The summed E-state index contributed by atoms with van der Waals surface area (Å²) in [6, 6.07) is 7.93. The number of nitrogens with one attached hydrogen (secondary N) is 1. The molecule has 1 aliphatic heterocycles. The number of amides is 2. The molecule has 0 bridgehead atoms. The third kappa shape index (κ3) is 5.68. The summed E-state index contributed by atoms with van der Waals surface area (Å²) >= 11 is 1.57. The van der Waals surface area contributed by atoms with Gasteiger partial charge in [-0.3, -0.25) is 14.6 Å². The fourth-order valence-corrected chi connectivity index (χ4v) is 5.29. The molecule has 2 fully saturated rings. The first-order chi connectivity index (χ1) is 17.4. The number of aliphatic imine (C=N–C) groups is 1. The molecule has 1 aliphatic carbocycles. The molecule has 3 atom stereocenters. The zero-order valence-electron chi connectivity index (χ0n) is 21.5. The molecule has 2 heterocycles. The number of nitriles is 1. The lowest BCUT2D eigenvalue weighted by atomic mass is 9.85. The number of carbonyl (C=O) groups excluding carboxylic acids is 2. The van der Waals surface area contributed by atoms with Crippen molar-refractivity contribution in [2.45, 2.75) is 71.7 Å². The van der Waals surface area contributed by atoms with E-state index in [9.17, 15) is 25.1 Å². The molecule has 2 N–H and O–H groups in total. The number of aliphatic hydroxyl groups excluding tert-OH is 1. The van der Waals surface area contributed by atoms with Crippen molar-refractivity contribution < 1.29 is 19.8 Å². The monoisotopic (exact) mass is 522 g/mol. The van der Waals surface area contributed by atoms with Crippen LogP contribution in [0, 0.1) is 29.1 Å². The highest BCUT2D eigenvalue weighted by atomic mass is 32.1. The van der Waals surface area contributed by atoms with E-state index in [1.165, 1.54) is 4.90 Å². The molecule has 2 aromatic rings. The molecular formula is C27H32N5O4S-. The van der Waals surface area contributed by atoms with Crippen molar-refractivity contribution in [1.29, 1.82) is 5.26 Å². The Bertz CT molecular complexity index is 1240. The normalized spacial score (nSPS) is 21.8. The van der Waals surface area contributed by atoms with Gasteiger partial charge in [0.1, 0.15) is 12.1 Å². The molecule has 9 nitrogen and oxygen atoms in total. The zero-order chi connectivity index (χ0) is 27.0. The van der Waals surface area contributed by atoms with Gasteiger partial charge in [0.05, 0.1) is 33.7 Å². The number of β-amino-alcohol motifs (C(OH)–C–C–N with tert-alkyl or cyclic N) is 1. The summed E-state index contributed by atoms with van der Waals surface area (Å²) in [5, 5.41) is 35.3. The van der Waals surface area contributed by atoms with E-state index >= 15 is 0 Å². The van der Waals surface area contributed by atoms with Crippen LogP contribution in [0.3, 0.4) is 0 Å². The Morgan fingerprint density at radius 2 is 2.03 bits per heavy atom. The molecule has 2 aliphatic rings. The van der Waals surface area contributed by atoms with Crippen LogP contribution in [0.4, 0.5) is 0 Å². The van der Waals surface area contributed by atoms with Crippen LogP contribution in [-0.4, -0.2) is 57.4 Å². The Kier molecular flexibility index (Phi) is 7.40. The summed E-state index contributed by atoms with van der Waals surface area (Å²) in [7, 11) is 0. The fraction of sp³-hybridized carbons (Fsp3) is 0.519. The molecule has 0 unspecified atom stereocenters. The van der Waals surface area contributed by atoms with Crippen molar-refractivity contribution in [3.05, 3.63) is 41.0 Å². The van der Waals surface area contributed by atoms with E-state index in [4.69, 9.17) is 0 Å². The largest absolute Gasteiger partial charge is 0.861 e. The lowest BCUT2D eigenvalue weighted by molar-refractivity contribution is -0.224. The van der Waals surface area contributed by atoms with Crippen LogP contribution < -0.4 is 10.4 Å². The number of aliphatic hydroxyl groups is 1. The molecule has 1 aromatic heterocycles. The highest BCUT2D eigenvalue weighted by Gasteiger charge is 2.47. The van der Waals surface area contributed by atoms with Crippen molar-refractivity contribution in [1.82, 2.24) is 15.2 Å². The zero-order valence-corrected chi connectivity index (χ0v) is 22.3.